The van der Waals surface area contributed by atoms with Crippen LogP contribution in [0.15, 0.2) is 43.0 Å². The van der Waals surface area contributed by atoms with Gasteiger partial charge in [0.05, 0.1) is 6.42 Å². The van der Waals surface area contributed by atoms with Crippen LogP contribution in [0.2, 0.25) is 0 Å². The number of benzene rings is 2. The standard InChI is InChI=1S/C22H20O7/c1-4-6-16-19(28-13(3)24)11-20-21(22(16)26)17(25)10-18(29-20)14-7-5-8-15(9-14)27-12(2)23/h4-5,7-9,11,18,26H,1,6,10H2,2-3H3. The normalized spacial score (nSPS) is 15.1. The molecule has 0 saturated carbocycles. The summed E-state index contributed by atoms with van der Waals surface area (Å²) in [6, 6.07) is 8.09. The molecule has 1 N–H and O–H groups in total. The zero-order valence-electron chi connectivity index (χ0n) is 16.1. The van der Waals surface area contributed by atoms with Crippen molar-refractivity contribution in [2.75, 3.05) is 0 Å². The minimum absolute atomic E-state index is 0.00940. The Balaban J connectivity index is 2.02. The summed E-state index contributed by atoms with van der Waals surface area (Å²) in [5.41, 5.74) is 0.970. The van der Waals surface area contributed by atoms with Gasteiger partial charge in [-0.15, -0.1) is 6.58 Å². The fourth-order valence-corrected chi connectivity index (χ4v) is 3.21. The summed E-state index contributed by atoms with van der Waals surface area (Å²) >= 11 is 0. The molecule has 1 atom stereocenters. The van der Waals surface area contributed by atoms with Crippen LogP contribution in [0.1, 0.15) is 47.9 Å². The maximum Gasteiger partial charge on any atom is 0.308 e. The maximum absolute atomic E-state index is 12.8. The van der Waals surface area contributed by atoms with Crippen molar-refractivity contribution in [2.24, 2.45) is 0 Å². The molecule has 0 aliphatic carbocycles. The molecule has 1 unspecified atom stereocenters. The van der Waals surface area contributed by atoms with Gasteiger partial charge in [0.1, 0.15) is 34.7 Å². The molecule has 2 aromatic carbocycles. The largest absolute Gasteiger partial charge is 0.507 e. The second kappa shape index (κ2) is 8.18. The predicted molar refractivity (Wildman–Crippen MR) is 103 cm³/mol. The van der Waals surface area contributed by atoms with Gasteiger partial charge >= 0.3 is 11.9 Å². The predicted octanol–water partition coefficient (Wildman–Crippen LogP) is 3.68. The second-order valence-electron chi connectivity index (χ2n) is 6.56. The Bertz CT molecular complexity index is 1010. The van der Waals surface area contributed by atoms with Gasteiger partial charge in [-0.25, -0.2) is 0 Å². The number of rotatable bonds is 5. The van der Waals surface area contributed by atoms with Crippen molar-refractivity contribution in [2.45, 2.75) is 32.8 Å². The van der Waals surface area contributed by atoms with E-state index >= 15 is 0 Å². The molecule has 0 radical (unpaired) electrons. The highest BCUT2D eigenvalue weighted by atomic mass is 16.5. The second-order valence-corrected chi connectivity index (χ2v) is 6.56. The summed E-state index contributed by atoms with van der Waals surface area (Å²) in [4.78, 5) is 35.4. The van der Waals surface area contributed by atoms with Gasteiger partial charge in [-0.2, -0.15) is 0 Å². The Kier molecular flexibility index (Phi) is 5.68. The first kappa shape index (κ1) is 20.1. The van der Waals surface area contributed by atoms with Gasteiger partial charge < -0.3 is 19.3 Å². The number of carbonyl (C=O) groups excluding carboxylic acids is 3. The van der Waals surface area contributed by atoms with Crippen molar-refractivity contribution in [1.82, 2.24) is 0 Å². The molecule has 7 nitrogen and oxygen atoms in total. The lowest BCUT2D eigenvalue weighted by molar-refractivity contribution is -0.132. The molecule has 1 aliphatic heterocycles. The number of phenols is 1. The van der Waals surface area contributed by atoms with Crippen molar-refractivity contribution < 1.29 is 33.7 Å². The van der Waals surface area contributed by atoms with E-state index in [0.717, 1.165) is 0 Å². The first-order valence-corrected chi connectivity index (χ1v) is 8.96. The SMILES string of the molecule is C=CCc1c(OC(C)=O)cc2c(c1O)C(=O)CC(c1cccc(OC(C)=O)c1)O2. The van der Waals surface area contributed by atoms with Crippen molar-refractivity contribution in [3.05, 3.63) is 59.7 Å². The van der Waals surface area contributed by atoms with E-state index in [0.29, 0.717) is 16.9 Å². The van der Waals surface area contributed by atoms with Crippen LogP contribution in [-0.2, 0) is 16.0 Å². The number of ketones is 1. The van der Waals surface area contributed by atoms with Crippen molar-refractivity contribution in [3.63, 3.8) is 0 Å². The van der Waals surface area contributed by atoms with Gasteiger partial charge in [-0.1, -0.05) is 18.2 Å². The monoisotopic (exact) mass is 396 g/mol. The van der Waals surface area contributed by atoms with E-state index in [2.05, 4.69) is 6.58 Å². The third-order valence-electron chi connectivity index (χ3n) is 4.34. The Morgan fingerprint density at radius 3 is 2.62 bits per heavy atom. The number of hydrogen-bond donors (Lipinski definition) is 1. The van der Waals surface area contributed by atoms with Gasteiger partial charge in [0, 0.05) is 25.5 Å². The third kappa shape index (κ3) is 4.29. The minimum atomic E-state index is -0.652. The number of allylic oxidation sites excluding steroid dienone is 1. The number of phenolic OH excluding ortho intramolecular Hbond substituents is 1. The summed E-state index contributed by atoms with van der Waals surface area (Å²) in [6.45, 7) is 6.16. The van der Waals surface area contributed by atoms with Gasteiger partial charge in [0.15, 0.2) is 5.78 Å². The number of ether oxygens (including phenoxy) is 3. The summed E-state index contributed by atoms with van der Waals surface area (Å²) in [6.07, 6.45) is 1.08. The Morgan fingerprint density at radius 1 is 1.24 bits per heavy atom. The molecule has 29 heavy (non-hydrogen) atoms. The number of aromatic hydroxyl groups is 1. The zero-order chi connectivity index (χ0) is 21.1. The molecule has 2 aromatic rings. The van der Waals surface area contributed by atoms with Crippen LogP contribution >= 0.6 is 0 Å². The van der Waals surface area contributed by atoms with Crippen molar-refractivity contribution >= 4 is 17.7 Å². The lowest BCUT2D eigenvalue weighted by Gasteiger charge is -2.27. The van der Waals surface area contributed by atoms with Gasteiger partial charge in [-0.3, -0.25) is 14.4 Å². The lowest BCUT2D eigenvalue weighted by Crippen LogP contribution is -2.21. The molecule has 1 heterocycles. The fraction of sp³-hybridized carbons (Fsp3) is 0.227. The van der Waals surface area contributed by atoms with Crippen LogP contribution in [0.3, 0.4) is 0 Å². The summed E-state index contributed by atoms with van der Waals surface area (Å²) in [7, 11) is 0. The molecular weight excluding hydrogens is 376 g/mol. The zero-order valence-corrected chi connectivity index (χ0v) is 16.1. The topological polar surface area (TPSA) is 99.1 Å². The summed E-state index contributed by atoms with van der Waals surface area (Å²) in [5, 5.41) is 10.6. The van der Waals surface area contributed by atoms with E-state index < -0.39 is 18.0 Å². The van der Waals surface area contributed by atoms with Crippen LogP contribution in [-0.4, -0.2) is 22.8 Å². The highest BCUT2D eigenvalue weighted by molar-refractivity contribution is 6.03. The van der Waals surface area contributed by atoms with E-state index in [-0.39, 0.29) is 41.4 Å². The molecule has 0 spiro atoms. The molecular formula is C22H20O7. The number of esters is 2. The van der Waals surface area contributed by atoms with Gasteiger partial charge in [0.25, 0.3) is 0 Å². The quantitative estimate of drug-likeness (QED) is 0.468. The molecule has 7 heteroatoms. The number of carbonyl (C=O) groups is 3. The average molecular weight is 396 g/mol. The molecule has 0 saturated heterocycles. The van der Waals surface area contributed by atoms with Crippen molar-refractivity contribution in [3.8, 4) is 23.0 Å². The first-order chi connectivity index (χ1) is 13.8. The number of Topliss-reactive ketones (excluding diaryl/α,β-unsaturated/α-hetero) is 1. The Morgan fingerprint density at radius 2 is 1.97 bits per heavy atom. The van der Waals surface area contributed by atoms with E-state index in [4.69, 9.17) is 14.2 Å². The maximum atomic E-state index is 12.8. The van der Waals surface area contributed by atoms with E-state index in [1.54, 1.807) is 24.3 Å². The van der Waals surface area contributed by atoms with Gasteiger partial charge in [0.2, 0.25) is 0 Å². The third-order valence-corrected chi connectivity index (χ3v) is 4.34. The fourth-order valence-electron chi connectivity index (χ4n) is 3.21. The van der Waals surface area contributed by atoms with E-state index in [1.165, 1.54) is 26.0 Å². The van der Waals surface area contributed by atoms with Crippen LogP contribution < -0.4 is 14.2 Å². The summed E-state index contributed by atoms with van der Waals surface area (Å²) < 4.78 is 16.2. The molecule has 0 aromatic heterocycles. The highest BCUT2D eigenvalue weighted by Crippen LogP contribution is 2.45. The molecule has 0 amide bonds. The first-order valence-electron chi connectivity index (χ1n) is 8.96. The van der Waals surface area contributed by atoms with Crippen LogP contribution in [0.4, 0.5) is 0 Å². The lowest BCUT2D eigenvalue weighted by atomic mass is 9.93. The minimum Gasteiger partial charge on any atom is -0.507 e. The van der Waals surface area contributed by atoms with Crippen LogP contribution in [0, 0.1) is 0 Å². The smallest absolute Gasteiger partial charge is 0.308 e. The molecule has 1 aliphatic rings. The Labute approximate surface area is 167 Å². The molecule has 150 valence electrons. The molecule has 0 bridgehead atoms. The van der Waals surface area contributed by atoms with E-state index in [9.17, 15) is 19.5 Å². The van der Waals surface area contributed by atoms with Crippen LogP contribution in [0.5, 0.6) is 23.0 Å². The van der Waals surface area contributed by atoms with Gasteiger partial charge in [-0.05, 0) is 24.1 Å². The van der Waals surface area contributed by atoms with Crippen molar-refractivity contribution in [1.29, 1.82) is 0 Å². The van der Waals surface area contributed by atoms with E-state index in [1.807, 2.05) is 0 Å². The average Bonchev–Trinajstić information content (AvgIpc) is 2.63. The number of fused-ring (bicyclic) bond motifs is 1. The van der Waals surface area contributed by atoms with Crippen LogP contribution in [0.25, 0.3) is 0 Å². The summed E-state index contributed by atoms with van der Waals surface area (Å²) in [5.74, 6) is -1.06. The molecule has 0 fully saturated rings. The number of hydrogen-bond acceptors (Lipinski definition) is 7. The molecule has 3 rings (SSSR count). The Hall–Kier alpha value is -3.61. The highest BCUT2D eigenvalue weighted by Gasteiger charge is 2.33.